The molecule has 2 N–H and O–H groups in total. The van der Waals surface area contributed by atoms with Crippen molar-refractivity contribution in [2.24, 2.45) is 0 Å². The number of ether oxygens (including phenoxy) is 1. The zero-order valence-corrected chi connectivity index (χ0v) is 9.82. The first-order valence-electron chi connectivity index (χ1n) is 4.77. The minimum absolute atomic E-state index is 0.0245. The van der Waals surface area contributed by atoms with Gasteiger partial charge in [-0.2, -0.15) is 0 Å². The molecule has 0 atom stereocenters. The SMILES string of the molecule is COc1ccc(NC(=O)c2cscn2)cc1O. The number of hydrogen-bond acceptors (Lipinski definition) is 5. The van der Waals surface area contributed by atoms with Crippen LogP contribution in [-0.4, -0.2) is 23.1 Å². The van der Waals surface area contributed by atoms with Gasteiger partial charge in [0.15, 0.2) is 11.5 Å². The summed E-state index contributed by atoms with van der Waals surface area (Å²) in [5.41, 5.74) is 2.42. The Hall–Kier alpha value is -2.08. The number of rotatable bonds is 3. The lowest BCUT2D eigenvalue weighted by atomic mass is 10.2. The number of carbonyl (C=O) groups is 1. The predicted octanol–water partition coefficient (Wildman–Crippen LogP) is 2.11. The number of aromatic nitrogens is 1. The highest BCUT2D eigenvalue weighted by Crippen LogP contribution is 2.28. The van der Waals surface area contributed by atoms with Crippen molar-refractivity contribution in [3.05, 3.63) is 34.8 Å². The normalized spacial score (nSPS) is 9.94. The molecule has 0 aliphatic carbocycles. The van der Waals surface area contributed by atoms with E-state index in [0.717, 1.165) is 0 Å². The maximum atomic E-state index is 11.7. The Morgan fingerprint density at radius 2 is 2.35 bits per heavy atom. The number of nitrogens with one attached hydrogen (secondary N) is 1. The van der Waals surface area contributed by atoms with Gasteiger partial charge in [-0.25, -0.2) is 4.98 Å². The van der Waals surface area contributed by atoms with Crippen LogP contribution in [0.4, 0.5) is 5.69 Å². The van der Waals surface area contributed by atoms with E-state index in [1.165, 1.54) is 24.5 Å². The molecule has 5 nitrogen and oxygen atoms in total. The molecular weight excluding hydrogens is 240 g/mol. The highest BCUT2D eigenvalue weighted by Gasteiger charge is 2.09. The standard InChI is InChI=1S/C11H10N2O3S/c1-16-10-3-2-7(4-9(10)14)13-11(15)8-5-17-6-12-8/h2-6,14H,1H3,(H,13,15). The van der Waals surface area contributed by atoms with Crippen LogP contribution in [0.5, 0.6) is 11.5 Å². The van der Waals surface area contributed by atoms with Crippen molar-refractivity contribution in [1.82, 2.24) is 4.98 Å². The number of amides is 1. The van der Waals surface area contributed by atoms with E-state index in [0.29, 0.717) is 17.1 Å². The van der Waals surface area contributed by atoms with Crippen LogP contribution in [0, 0.1) is 0 Å². The summed E-state index contributed by atoms with van der Waals surface area (Å²) >= 11 is 1.35. The molecule has 1 aromatic carbocycles. The highest BCUT2D eigenvalue weighted by atomic mass is 32.1. The number of thiazole rings is 1. The molecule has 88 valence electrons. The third-order valence-corrected chi connectivity index (χ3v) is 2.69. The Morgan fingerprint density at radius 1 is 1.53 bits per heavy atom. The minimum Gasteiger partial charge on any atom is -0.504 e. The van der Waals surface area contributed by atoms with Crippen LogP contribution in [0.3, 0.4) is 0 Å². The molecule has 0 fully saturated rings. The van der Waals surface area contributed by atoms with Crippen molar-refractivity contribution in [2.45, 2.75) is 0 Å². The van der Waals surface area contributed by atoms with E-state index in [1.807, 2.05) is 0 Å². The molecule has 0 spiro atoms. The Morgan fingerprint density at radius 3 is 2.94 bits per heavy atom. The van der Waals surface area contributed by atoms with Crippen molar-refractivity contribution in [2.75, 3.05) is 12.4 Å². The van der Waals surface area contributed by atoms with E-state index in [2.05, 4.69) is 10.3 Å². The van der Waals surface area contributed by atoms with Gasteiger partial charge >= 0.3 is 0 Å². The predicted molar refractivity (Wildman–Crippen MR) is 64.7 cm³/mol. The molecule has 0 unspecified atom stereocenters. The van der Waals surface area contributed by atoms with Gasteiger partial charge in [0.1, 0.15) is 5.69 Å². The largest absolute Gasteiger partial charge is 0.504 e. The fraction of sp³-hybridized carbons (Fsp3) is 0.0909. The number of phenols is 1. The number of carbonyl (C=O) groups excluding carboxylic acids is 1. The molecule has 0 saturated heterocycles. The summed E-state index contributed by atoms with van der Waals surface area (Å²) in [7, 11) is 1.46. The fourth-order valence-electron chi connectivity index (χ4n) is 1.29. The Labute approximate surface area is 102 Å². The van der Waals surface area contributed by atoms with Gasteiger partial charge in [0.2, 0.25) is 0 Å². The molecule has 2 aromatic rings. The molecule has 0 saturated carbocycles. The number of benzene rings is 1. The van der Waals surface area contributed by atoms with Gasteiger partial charge in [-0.3, -0.25) is 4.79 Å². The monoisotopic (exact) mass is 250 g/mol. The molecule has 0 aliphatic heterocycles. The lowest BCUT2D eigenvalue weighted by molar-refractivity contribution is 0.102. The van der Waals surface area contributed by atoms with Crippen LogP contribution in [0.1, 0.15) is 10.5 Å². The van der Waals surface area contributed by atoms with Crippen LogP contribution in [-0.2, 0) is 0 Å². The topological polar surface area (TPSA) is 71.5 Å². The van der Waals surface area contributed by atoms with Gasteiger partial charge in [-0.05, 0) is 12.1 Å². The van der Waals surface area contributed by atoms with Crippen molar-refractivity contribution in [3.8, 4) is 11.5 Å². The molecule has 17 heavy (non-hydrogen) atoms. The summed E-state index contributed by atoms with van der Waals surface area (Å²) in [6.45, 7) is 0. The maximum absolute atomic E-state index is 11.7. The van der Waals surface area contributed by atoms with E-state index in [4.69, 9.17) is 4.74 Å². The van der Waals surface area contributed by atoms with E-state index < -0.39 is 0 Å². The molecule has 1 heterocycles. The zero-order chi connectivity index (χ0) is 12.3. The highest BCUT2D eigenvalue weighted by molar-refractivity contribution is 7.07. The van der Waals surface area contributed by atoms with Crippen molar-refractivity contribution in [3.63, 3.8) is 0 Å². The lowest BCUT2D eigenvalue weighted by Crippen LogP contribution is -2.11. The smallest absolute Gasteiger partial charge is 0.275 e. The first-order chi connectivity index (χ1) is 8.20. The quantitative estimate of drug-likeness (QED) is 0.875. The van der Waals surface area contributed by atoms with Crippen LogP contribution in [0.15, 0.2) is 29.1 Å². The van der Waals surface area contributed by atoms with Crippen molar-refractivity contribution in [1.29, 1.82) is 0 Å². The molecule has 1 aromatic heterocycles. The third kappa shape index (κ3) is 2.54. The van der Waals surface area contributed by atoms with Gasteiger partial charge < -0.3 is 15.2 Å². The third-order valence-electron chi connectivity index (χ3n) is 2.10. The summed E-state index contributed by atoms with van der Waals surface area (Å²) in [6.07, 6.45) is 0. The number of nitrogens with zero attached hydrogens (tertiary/aromatic N) is 1. The molecule has 0 radical (unpaired) electrons. The van der Waals surface area contributed by atoms with Crippen LogP contribution in [0.25, 0.3) is 0 Å². The van der Waals surface area contributed by atoms with Crippen LogP contribution in [0.2, 0.25) is 0 Å². The zero-order valence-electron chi connectivity index (χ0n) is 9.01. The second-order valence-corrected chi connectivity index (χ2v) is 3.93. The fourth-order valence-corrected chi connectivity index (χ4v) is 1.82. The summed E-state index contributed by atoms with van der Waals surface area (Å²) < 4.78 is 4.90. The second-order valence-electron chi connectivity index (χ2n) is 3.21. The van der Waals surface area contributed by atoms with Crippen LogP contribution < -0.4 is 10.1 Å². The number of anilines is 1. The number of methoxy groups -OCH3 is 1. The van der Waals surface area contributed by atoms with Crippen molar-refractivity contribution < 1.29 is 14.6 Å². The van der Waals surface area contributed by atoms with E-state index in [1.54, 1.807) is 23.0 Å². The Bertz CT molecular complexity index is 526. The van der Waals surface area contributed by atoms with Gasteiger partial charge in [0.05, 0.1) is 12.6 Å². The van der Waals surface area contributed by atoms with Crippen molar-refractivity contribution >= 4 is 22.9 Å². The maximum Gasteiger partial charge on any atom is 0.275 e. The van der Waals surface area contributed by atoms with E-state index in [9.17, 15) is 9.90 Å². The molecule has 0 aliphatic rings. The van der Waals surface area contributed by atoms with Crippen LogP contribution >= 0.6 is 11.3 Å². The summed E-state index contributed by atoms with van der Waals surface area (Å²) in [5.74, 6) is 0.0241. The molecule has 1 amide bonds. The number of aromatic hydroxyl groups is 1. The Kier molecular flexibility index (Phi) is 3.24. The summed E-state index contributed by atoms with van der Waals surface area (Å²) in [4.78, 5) is 15.5. The first-order valence-corrected chi connectivity index (χ1v) is 5.71. The Balaban J connectivity index is 2.14. The molecule has 2 rings (SSSR count). The number of phenolic OH excluding ortho intramolecular Hbond substituents is 1. The van der Waals surface area contributed by atoms with Gasteiger partial charge in [0, 0.05) is 17.1 Å². The minimum atomic E-state index is -0.309. The molecule has 0 bridgehead atoms. The number of hydrogen-bond donors (Lipinski definition) is 2. The summed E-state index contributed by atoms with van der Waals surface area (Å²) in [6, 6.07) is 4.64. The van der Waals surface area contributed by atoms with Gasteiger partial charge in [-0.1, -0.05) is 0 Å². The summed E-state index contributed by atoms with van der Waals surface area (Å²) in [5, 5.41) is 13.8. The average Bonchev–Trinajstić information content (AvgIpc) is 2.82. The van der Waals surface area contributed by atoms with Gasteiger partial charge in [-0.15, -0.1) is 11.3 Å². The molecule has 6 heteroatoms. The molecular formula is C11H10N2O3S. The van der Waals surface area contributed by atoms with E-state index in [-0.39, 0.29) is 11.7 Å². The van der Waals surface area contributed by atoms with E-state index >= 15 is 0 Å². The average molecular weight is 250 g/mol. The lowest BCUT2D eigenvalue weighted by Gasteiger charge is -2.06. The van der Waals surface area contributed by atoms with Gasteiger partial charge in [0.25, 0.3) is 5.91 Å². The first kappa shape index (κ1) is 11.4. The second kappa shape index (κ2) is 4.84.